The van der Waals surface area contributed by atoms with E-state index >= 15 is 0 Å². The van der Waals surface area contributed by atoms with Crippen molar-refractivity contribution >= 4 is 21.6 Å². The second-order valence-electron chi connectivity index (χ2n) is 4.12. The summed E-state index contributed by atoms with van der Waals surface area (Å²) in [5, 5.41) is 0.0483. The van der Waals surface area contributed by atoms with E-state index in [1.165, 1.54) is 0 Å². The second kappa shape index (κ2) is 4.39. The summed E-state index contributed by atoms with van der Waals surface area (Å²) in [5.41, 5.74) is 6.63. The van der Waals surface area contributed by atoms with E-state index in [1.54, 1.807) is 23.9 Å². The molecule has 88 valence electrons. The number of hydrogen-bond acceptors (Lipinski definition) is 4. The minimum Gasteiger partial charge on any atom is -0.327 e. The van der Waals surface area contributed by atoms with Gasteiger partial charge < -0.3 is 5.73 Å². The molecule has 1 heterocycles. The molecule has 16 heavy (non-hydrogen) atoms. The molecule has 2 atom stereocenters. The van der Waals surface area contributed by atoms with Crippen molar-refractivity contribution in [1.29, 1.82) is 0 Å². The van der Waals surface area contributed by atoms with Gasteiger partial charge in [-0.15, -0.1) is 0 Å². The van der Waals surface area contributed by atoms with Crippen molar-refractivity contribution in [3.8, 4) is 0 Å². The molecular formula is C11H15NO2S2. The molecule has 1 aliphatic rings. The molecule has 0 aromatic heterocycles. The van der Waals surface area contributed by atoms with Crippen LogP contribution in [-0.4, -0.2) is 26.0 Å². The molecule has 0 saturated carbocycles. The van der Waals surface area contributed by atoms with E-state index in [1.807, 2.05) is 19.1 Å². The van der Waals surface area contributed by atoms with Crippen LogP contribution in [0.25, 0.3) is 0 Å². The molecular weight excluding hydrogens is 242 g/mol. The first kappa shape index (κ1) is 12.0. The van der Waals surface area contributed by atoms with Gasteiger partial charge in [0, 0.05) is 17.0 Å². The molecule has 0 radical (unpaired) electrons. The van der Waals surface area contributed by atoms with Gasteiger partial charge in [-0.25, -0.2) is 8.42 Å². The van der Waals surface area contributed by atoms with Crippen molar-refractivity contribution in [2.24, 2.45) is 5.73 Å². The van der Waals surface area contributed by atoms with Gasteiger partial charge >= 0.3 is 0 Å². The molecule has 0 saturated heterocycles. The third-order valence-corrected chi connectivity index (χ3v) is 6.10. The zero-order valence-corrected chi connectivity index (χ0v) is 10.7. The van der Waals surface area contributed by atoms with Crippen LogP contribution in [0.5, 0.6) is 0 Å². The summed E-state index contributed by atoms with van der Waals surface area (Å²) >= 11 is 1.63. The van der Waals surface area contributed by atoms with E-state index in [9.17, 15) is 8.42 Å². The lowest BCUT2D eigenvalue weighted by Gasteiger charge is -2.11. The molecule has 2 unspecified atom stereocenters. The third kappa shape index (κ3) is 2.26. The predicted molar refractivity (Wildman–Crippen MR) is 67.3 cm³/mol. The molecule has 0 fully saturated rings. The molecule has 1 aliphatic heterocycles. The highest BCUT2D eigenvalue weighted by Crippen LogP contribution is 2.41. The van der Waals surface area contributed by atoms with Crippen molar-refractivity contribution in [2.45, 2.75) is 23.1 Å². The summed E-state index contributed by atoms with van der Waals surface area (Å²) in [4.78, 5) is 0.497. The summed E-state index contributed by atoms with van der Waals surface area (Å²) in [6.45, 7) is 1.93. The average molecular weight is 257 g/mol. The quantitative estimate of drug-likeness (QED) is 0.893. The van der Waals surface area contributed by atoms with Crippen LogP contribution in [0.3, 0.4) is 0 Å². The highest BCUT2D eigenvalue weighted by molar-refractivity contribution is 8.01. The summed E-state index contributed by atoms with van der Waals surface area (Å²) < 4.78 is 23.7. The van der Waals surface area contributed by atoms with E-state index in [0.717, 1.165) is 11.3 Å². The van der Waals surface area contributed by atoms with Crippen molar-refractivity contribution in [3.05, 3.63) is 29.8 Å². The number of nitrogens with two attached hydrogens (primary N) is 1. The number of sulfone groups is 1. The van der Waals surface area contributed by atoms with Gasteiger partial charge in [0.1, 0.15) is 0 Å². The Hall–Kier alpha value is -0.520. The zero-order chi connectivity index (χ0) is 11.8. The fraction of sp³-hybridized carbons (Fsp3) is 0.455. The topological polar surface area (TPSA) is 60.2 Å². The fourth-order valence-electron chi connectivity index (χ4n) is 1.81. The summed E-state index contributed by atoms with van der Waals surface area (Å²) in [6.07, 6.45) is 0. The molecule has 3 nitrogen and oxygen atoms in total. The first-order valence-corrected chi connectivity index (χ1v) is 7.89. The van der Waals surface area contributed by atoms with Crippen LogP contribution in [-0.2, 0) is 9.84 Å². The van der Waals surface area contributed by atoms with Gasteiger partial charge in [0.2, 0.25) is 0 Å². The van der Waals surface area contributed by atoms with Crippen molar-refractivity contribution in [2.75, 3.05) is 11.5 Å². The standard InChI is InChI=1S/C11H15NO2S2/c1-8(12)6-15-10-7-16(13,14)11-5-3-2-4-9(10)11/h2-5,8,10H,6-7,12H2,1H3. The molecule has 2 N–H and O–H groups in total. The van der Waals surface area contributed by atoms with Gasteiger partial charge in [-0.1, -0.05) is 18.2 Å². The molecule has 0 amide bonds. The number of rotatable bonds is 3. The summed E-state index contributed by atoms with van der Waals surface area (Å²) in [7, 11) is -3.06. The van der Waals surface area contributed by atoms with Crippen LogP contribution in [0.4, 0.5) is 0 Å². The molecule has 5 heteroatoms. The Balaban J connectivity index is 2.27. The van der Waals surface area contributed by atoms with E-state index in [0.29, 0.717) is 4.90 Å². The van der Waals surface area contributed by atoms with Crippen LogP contribution in [0.15, 0.2) is 29.2 Å². The minimum absolute atomic E-state index is 0.0483. The zero-order valence-electron chi connectivity index (χ0n) is 9.09. The van der Waals surface area contributed by atoms with E-state index in [-0.39, 0.29) is 17.0 Å². The Morgan fingerprint density at radius 1 is 1.50 bits per heavy atom. The molecule has 0 spiro atoms. The molecule has 0 bridgehead atoms. The molecule has 1 aromatic carbocycles. The van der Waals surface area contributed by atoms with Crippen LogP contribution in [0, 0.1) is 0 Å². The minimum atomic E-state index is -3.06. The third-order valence-electron chi connectivity index (χ3n) is 2.53. The Kier molecular flexibility index (Phi) is 3.28. The number of thioether (sulfide) groups is 1. The maximum atomic E-state index is 11.9. The van der Waals surface area contributed by atoms with E-state index in [4.69, 9.17) is 5.73 Å². The second-order valence-corrected chi connectivity index (χ2v) is 7.36. The fourth-order valence-corrected chi connectivity index (χ4v) is 5.35. The lowest BCUT2D eigenvalue weighted by molar-refractivity contribution is 0.600. The highest BCUT2D eigenvalue weighted by atomic mass is 32.2. The molecule has 2 rings (SSSR count). The predicted octanol–water partition coefficient (Wildman–Crippen LogP) is 1.60. The Morgan fingerprint density at radius 2 is 2.19 bits per heavy atom. The lowest BCUT2D eigenvalue weighted by atomic mass is 10.2. The first-order chi connectivity index (χ1) is 7.50. The highest BCUT2D eigenvalue weighted by Gasteiger charge is 2.34. The van der Waals surface area contributed by atoms with Crippen molar-refractivity contribution in [1.82, 2.24) is 0 Å². The van der Waals surface area contributed by atoms with Gasteiger partial charge in [0.15, 0.2) is 9.84 Å². The Morgan fingerprint density at radius 3 is 2.88 bits per heavy atom. The van der Waals surface area contributed by atoms with Crippen LogP contribution < -0.4 is 5.73 Å². The normalized spacial score (nSPS) is 24.0. The number of benzene rings is 1. The van der Waals surface area contributed by atoms with Crippen LogP contribution >= 0.6 is 11.8 Å². The van der Waals surface area contributed by atoms with Crippen molar-refractivity contribution < 1.29 is 8.42 Å². The number of hydrogen-bond donors (Lipinski definition) is 1. The molecule has 0 aliphatic carbocycles. The van der Waals surface area contributed by atoms with Gasteiger partial charge in [-0.2, -0.15) is 11.8 Å². The maximum absolute atomic E-state index is 11.9. The first-order valence-electron chi connectivity index (χ1n) is 5.19. The van der Waals surface area contributed by atoms with E-state index in [2.05, 4.69) is 0 Å². The lowest BCUT2D eigenvalue weighted by Crippen LogP contribution is -2.18. The monoisotopic (exact) mass is 257 g/mol. The van der Waals surface area contributed by atoms with E-state index < -0.39 is 9.84 Å². The Bertz CT molecular complexity index is 483. The number of fused-ring (bicyclic) bond motifs is 1. The Labute approximate surface area is 100 Å². The largest absolute Gasteiger partial charge is 0.327 e. The summed E-state index contributed by atoms with van der Waals surface area (Å²) in [5.74, 6) is 0.998. The summed E-state index contributed by atoms with van der Waals surface area (Å²) in [6, 6.07) is 7.35. The van der Waals surface area contributed by atoms with Gasteiger partial charge in [-0.3, -0.25) is 0 Å². The molecule has 1 aromatic rings. The van der Waals surface area contributed by atoms with Crippen LogP contribution in [0.1, 0.15) is 17.7 Å². The average Bonchev–Trinajstić information content (AvgIpc) is 2.49. The SMILES string of the molecule is CC(N)CSC1CS(=O)(=O)c2ccccc21. The van der Waals surface area contributed by atoms with Gasteiger partial charge in [-0.05, 0) is 18.6 Å². The van der Waals surface area contributed by atoms with Gasteiger partial charge in [0.25, 0.3) is 0 Å². The smallest absolute Gasteiger partial charge is 0.180 e. The van der Waals surface area contributed by atoms with Crippen LogP contribution in [0.2, 0.25) is 0 Å². The maximum Gasteiger partial charge on any atom is 0.180 e. The van der Waals surface area contributed by atoms with Gasteiger partial charge in [0.05, 0.1) is 10.6 Å². The van der Waals surface area contributed by atoms with Crippen molar-refractivity contribution in [3.63, 3.8) is 0 Å².